The highest BCUT2D eigenvalue weighted by Crippen LogP contribution is 2.22. The van der Waals surface area contributed by atoms with E-state index < -0.39 is 17.9 Å². The summed E-state index contributed by atoms with van der Waals surface area (Å²) in [6, 6.07) is 2.73. The van der Waals surface area contributed by atoms with Gasteiger partial charge < -0.3 is 15.4 Å². The number of carboxylic acid groups (broad SMARTS) is 1. The number of hydrogen-bond donors (Lipinski definition) is 3. The standard InChI is InChI=1S/C13H12BrN3O3S/c14-11-3-1-9(21-11)2-4-12(18)17-10(13(19)20)5-8-6-15-7-16-8/h1-4,6-7,10H,5H2,(H,15,16)(H,17,18)(H,19,20)/b4-2+/t10-/m1/s1. The number of carboxylic acids is 1. The number of halogens is 1. The number of rotatable bonds is 6. The van der Waals surface area contributed by atoms with Crippen LogP contribution >= 0.6 is 27.3 Å². The summed E-state index contributed by atoms with van der Waals surface area (Å²) in [7, 11) is 0. The van der Waals surface area contributed by atoms with Crippen LogP contribution in [0.15, 0.2) is 34.5 Å². The van der Waals surface area contributed by atoms with E-state index in [4.69, 9.17) is 5.11 Å². The molecule has 0 unspecified atom stereocenters. The van der Waals surface area contributed by atoms with E-state index in [0.29, 0.717) is 5.69 Å². The maximum Gasteiger partial charge on any atom is 0.326 e. The molecular weight excluding hydrogens is 358 g/mol. The van der Waals surface area contributed by atoms with Crippen LogP contribution in [0.5, 0.6) is 0 Å². The minimum Gasteiger partial charge on any atom is -0.480 e. The third-order valence-corrected chi connectivity index (χ3v) is 4.18. The van der Waals surface area contributed by atoms with Crippen LogP contribution in [0, 0.1) is 0 Å². The molecule has 21 heavy (non-hydrogen) atoms. The summed E-state index contributed by atoms with van der Waals surface area (Å²) in [5.41, 5.74) is 0.647. The maximum absolute atomic E-state index is 11.8. The highest BCUT2D eigenvalue weighted by atomic mass is 79.9. The van der Waals surface area contributed by atoms with Crippen molar-refractivity contribution in [3.05, 3.63) is 45.1 Å². The molecule has 2 heterocycles. The molecule has 0 spiro atoms. The second-order valence-corrected chi connectivity index (χ2v) is 6.65. The number of H-pyrrole nitrogens is 1. The Balaban J connectivity index is 1.95. The van der Waals surface area contributed by atoms with E-state index in [-0.39, 0.29) is 6.42 Å². The summed E-state index contributed by atoms with van der Waals surface area (Å²) in [5, 5.41) is 11.6. The molecular formula is C13H12BrN3O3S. The lowest BCUT2D eigenvalue weighted by Gasteiger charge is -2.11. The highest BCUT2D eigenvalue weighted by Gasteiger charge is 2.19. The van der Waals surface area contributed by atoms with Crippen molar-refractivity contribution in [2.45, 2.75) is 12.5 Å². The zero-order valence-corrected chi connectivity index (χ0v) is 13.1. The summed E-state index contributed by atoms with van der Waals surface area (Å²) >= 11 is 4.81. The zero-order chi connectivity index (χ0) is 15.2. The molecule has 2 rings (SSSR count). The van der Waals surface area contributed by atoms with Crippen molar-refractivity contribution in [2.24, 2.45) is 0 Å². The Kier molecular flexibility index (Phi) is 5.29. The van der Waals surface area contributed by atoms with Crippen molar-refractivity contribution in [3.63, 3.8) is 0 Å². The summed E-state index contributed by atoms with van der Waals surface area (Å²) in [5.74, 6) is -1.54. The Bertz CT molecular complexity index is 651. The zero-order valence-electron chi connectivity index (χ0n) is 10.7. The van der Waals surface area contributed by atoms with Gasteiger partial charge in [-0.1, -0.05) is 0 Å². The van der Waals surface area contributed by atoms with Gasteiger partial charge in [-0.15, -0.1) is 11.3 Å². The molecule has 0 aliphatic heterocycles. The number of aromatic amines is 1. The van der Waals surface area contributed by atoms with Crippen molar-refractivity contribution >= 4 is 45.2 Å². The molecule has 0 aliphatic rings. The summed E-state index contributed by atoms with van der Waals surface area (Å²) < 4.78 is 0.963. The van der Waals surface area contributed by atoms with E-state index in [2.05, 4.69) is 31.2 Å². The van der Waals surface area contributed by atoms with E-state index in [0.717, 1.165) is 8.66 Å². The molecule has 0 saturated heterocycles. The molecule has 0 saturated carbocycles. The van der Waals surface area contributed by atoms with Gasteiger partial charge in [0.1, 0.15) is 6.04 Å². The summed E-state index contributed by atoms with van der Waals surface area (Å²) in [6.45, 7) is 0. The average molecular weight is 370 g/mol. The Morgan fingerprint density at radius 3 is 2.90 bits per heavy atom. The fraction of sp³-hybridized carbons (Fsp3) is 0.154. The molecule has 3 N–H and O–H groups in total. The lowest BCUT2D eigenvalue weighted by Crippen LogP contribution is -2.41. The number of nitrogens with zero attached hydrogens (tertiary/aromatic N) is 1. The molecule has 2 aromatic heterocycles. The monoisotopic (exact) mass is 369 g/mol. The minimum absolute atomic E-state index is 0.152. The highest BCUT2D eigenvalue weighted by molar-refractivity contribution is 9.11. The predicted octanol–water partition coefficient (Wildman–Crippen LogP) is 2.06. The molecule has 6 nitrogen and oxygen atoms in total. The number of thiophene rings is 1. The molecule has 0 fully saturated rings. The molecule has 8 heteroatoms. The number of imidazole rings is 1. The van der Waals surface area contributed by atoms with Crippen molar-refractivity contribution in [2.75, 3.05) is 0 Å². The van der Waals surface area contributed by atoms with Crippen molar-refractivity contribution in [3.8, 4) is 0 Å². The van der Waals surface area contributed by atoms with E-state index in [1.165, 1.54) is 29.9 Å². The van der Waals surface area contributed by atoms with E-state index in [1.807, 2.05) is 12.1 Å². The van der Waals surface area contributed by atoms with Gasteiger partial charge in [-0.25, -0.2) is 9.78 Å². The SMILES string of the molecule is O=C(/C=C/c1ccc(Br)s1)N[C@H](Cc1cnc[nH]1)C(=O)O. The maximum atomic E-state index is 11.8. The van der Waals surface area contributed by atoms with Gasteiger partial charge >= 0.3 is 5.97 Å². The molecule has 0 bridgehead atoms. The second-order valence-electron chi connectivity index (χ2n) is 4.16. The molecule has 1 amide bonds. The van der Waals surface area contributed by atoms with Crippen LogP contribution in [0.2, 0.25) is 0 Å². The smallest absolute Gasteiger partial charge is 0.326 e. The van der Waals surface area contributed by atoms with Gasteiger partial charge in [0, 0.05) is 29.3 Å². The van der Waals surface area contributed by atoms with Gasteiger partial charge in [0.05, 0.1) is 10.1 Å². The molecule has 0 aromatic carbocycles. The van der Waals surface area contributed by atoms with Crippen LogP contribution in [-0.2, 0) is 16.0 Å². The van der Waals surface area contributed by atoms with Crippen molar-refractivity contribution in [1.82, 2.24) is 15.3 Å². The van der Waals surface area contributed by atoms with Crippen LogP contribution in [0.1, 0.15) is 10.6 Å². The fourth-order valence-electron chi connectivity index (χ4n) is 1.61. The number of aromatic nitrogens is 2. The molecule has 1 atom stereocenters. The van der Waals surface area contributed by atoms with Gasteiger partial charge in [-0.2, -0.15) is 0 Å². The Morgan fingerprint density at radius 1 is 1.52 bits per heavy atom. The average Bonchev–Trinajstić information content (AvgIpc) is 3.07. The molecule has 110 valence electrons. The lowest BCUT2D eigenvalue weighted by molar-refractivity contribution is -0.141. The van der Waals surface area contributed by atoms with Crippen LogP contribution in [0.3, 0.4) is 0 Å². The first-order valence-electron chi connectivity index (χ1n) is 5.98. The third-order valence-electron chi connectivity index (χ3n) is 2.59. The largest absolute Gasteiger partial charge is 0.480 e. The Hall–Kier alpha value is -1.93. The second kappa shape index (κ2) is 7.19. The number of nitrogens with one attached hydrogen (secondary N) is 2. The number of carbonyl (C=O) groups is 2. The Morgan fingerprint density at radius 2 is 2.33 bits per heavy atom. The van der Waals surface area contributed by atoms with Crippen LogP contribution in [0.25, 0.3) is 6.08 Å². The first-order valence-corrected chi connectivity index (χ1v) is 7.59. The van der Waals surface area contributed by atoms with Crippen molar-refractivity contribution < 1.29 is 14.7 Å². The van der Waals surface area contributed by atoms with Crippen molar-refractivity contribution in [1.29, 1.82) is 0 Å². The van der Waals surface area contributed by atoms with Crippen LogP contribution < -0.4 is 5.32 Å². The Labute approximate surface area is 133 Å². The predicted molar refractivity (Wildman–Crippen MR) is 82.9 cm³/mol. The minimum atomic E-state index is -1.09. The van der Waals surface area contributed by atoms with E-state index >= 15 is 0 Å². The van der Waals surface area contributed by atoms with Crippen LogP contribution in [-0.4, -0.2) is 33.0 Å². The third kappa shape index (κ3) is 4.83. The molecule has 2 aromatic rings. The summed E-state index contributed by atoms with van der Waals surface area (Å²) in [6.07, 6.45) is 6.10. The van der Waals surface area contributed by atoms with Gasteiger partial charge in [-0.05, 0) is 34.1 Å². The molecule has 0 aliphatic carbocycles. The van der Waals surface area contributed by atoms with Gasteiger partial charge in [0.2, 0.25) is 5.91 Å². The van der Waals surface area contributed by atoms with E-state index in [9.17, 15) is 9.59 Å². The molecule has 0 radical (unpaired) electrons. The number of amides is 1. The van der Waals surface area contributed by atoms with E-state index in [1.54, 1.807) is 6.08 Å². The normalized spacial score (nSPS) is 12.4. The number of aliphatic carboxylic acids is 1. The number of hydrogen-bond acceptors (Lipinski definition) is 4. The summed E-state index contributed by atoms with van der Waals surface area (Å²) in [4.78, 5) is 30.5. The van der Waals surface area contributed by atoms with Gasteiger partial charge in [0.15, 0.2) is 0 Å². The topological polar surface area (TPSA) is 95.1 Å². The first-order chi connectivity index (χ1) is 10.0. The van der Waals surface area contributed by atoms with Crippen LogP contribution in [0.4, 0.5) is 0 Å². The van der Waals surface area contributed by atoms with Gasteiger partial charge in [0.25, 0.3) is 0 Å². The quantitative estimate of drug-likeness (QED) is 0.679. The lowest BCUT2D eigenvalue weighted by atomic mass is 10.1. The van der Waals surface area contributed by atoms with Gasteiger partial charge in [-0.3, -0.25) is 4.79 Å². The number of carbonyl (C=O) groups excluding carboxylic acids is 1. The fourth-order valence-corrected chi connectivity index (χ4v) is 2.94. The first kappa shape index (κ1) is 15.5.